The molecule has 5 nitrogen and oxygen atoms in total. The molecule has 3 aromatic rings. The molecule has 3 rings (SSSR count). The lowest BCUT2D eigenvalue weighted by atomic mass is 10.3. The van der Waals surface area contributed by atoms with Crippen LogP contribution in [0.1, 0.15) is 11.3 Å². The molecule has 25 heavy (non-hydrogen) atoms. The molecule has 0 bridgehead atoms. The molecule has 1 aromatic carbocycles. The molecule has 0 aliphatic rings. The van der Waals surface area contributed by atoms with Gasteiger partial charge in [-0.15, -0.1) is 0 Å². The molecule has 130 valence electrons. The zero-order valence-corrected chi connectivity index (χ0v) is 13.8. The molecule has 0 saturated carbocycles. The van der Waals surface area contributed by atoms with Crippen LogP contribution in [0.2, 0.25) is 0 Å². The highest BCUT2D eigenvalue weighted by Crippen LogP contribution is 2.22. The third kappa shape index (κ3) is 3.92. The van der Waals surface area contributed by atoms with E-state index in [1.54, 1.807) is 30.5 Å². The lowest BCUT2D eigenvalue weighted by Crippen LogP contribution is -2.30. The van der Waals surface area contributed by atoms with Gasteiger partial charge in [0.15, 0.2) is 11.6 Å². The molecule has 0 amide bonds. The Morgan fingerprint density at radius 2 is 1.88 bits per heavy atom. The van der Waals surface area contributed by atoms with Crippen LogP contribution in [0, 0.1) is 11.6 Å². The number of hydrogen-bond donors (Lipinski definition) is 0. The SMILES string of the molecule is O=S(=O)(c1ccc(F)c(F)c1)N(Cc1cccnc1)Cc1ccco1. The number of aromatic nitrogens is 1. The van der Waals surface area contributed by atoms with Gasteiger partial charge in [-0.3, -0.25) is 4.98 Å². The second-order valence-corrected chi connectivity index (χ2v) is 7.23. The van der Waals surface area contributed by atoms with Crippen molar-refractivity contribution in [3.63, 3.8) is 0 Å². The summed E-state index contributed by atoms with van der Waals surface area (Å²) in [6.45, 7) is -0.0426. The normalized spacial score (nSPS) is 11.8. The molecule has 0 fully saturated rings. The van der Waals surface area contributed by atoms with Crippen molar-refractivity contribution in [1.82, 2.24) is 9.29 Å². The van der Waals surface area contributed by atoms with E-state index in [0.29, 0.717) is 17.4 Å². The molecule has 0 aliphatic carbocycles. The monoisotopic (exact) mass is 364 g/mol. The summed E-state index contributed by atoms with van der Waals surface area (Å²) in [4.78, 5) is 3.63. The predicted octanol–water partition coefficient (Wildman–Crippen LogP) is 3.34. The molecule has 0 atom stereocenters. The summed E-state index contributed by atoms with van der Waals surface area (Å²) >= 11 is 0. The van der Waals surface area contributed by atoms with Gasteiger partial charge < -0.3 is 4.42 Å². The van der Waals surface area contributed by atoms with E-state index in [2.05, 4.69) is 4.98 Å². The van der Waals surface area contributed by atoms with Crippen molar-refractivity contribution in [3.8, 4) is 0 Å². The molecule has 8 heteroatoms. The van der Waals surface area contributed by atoms with Crippen molar-refractivity contribution in [2.45, 2.75) is 18.0 Å². The fraction of sp³-hybridized carbons (Fsp3) is 0.118. The van der Waals surface area contributed by atoms with E-state index in [1.807, 2.05) is 0 Å². The summed E-state index contributed by atoms with van der Waals surface area (Å²) in [5.74, 6) is -1.90. The van der Waals surface area contributed by atoms with Crippen LogP contribution >= 0.6 is 0 Å². The minimum atomic E-state index is -4.08. The predicted molar refractivity (Wildman–Crippen MR) is 85.7 cm³/mol. The van der Waals surface area contributed by atoms with Gasteiger partial charge in [-0.2, -0.15) is 4.31 Å². The minimum absolute atomic E-state index is 0.00979. The Hall–Kier alpha value is -2.58. The second kappa shape index (κ2) is 7.12. The van der Waals surface area contributed by atoms with Gasteiger partial charge in [0.1, 0.15) is 5.76 Å². The molecular weight excluding hydrogens is 350 g/mol. The Morgan fingerprint density at radius 1 is 1.04 bits per heavy atom. The molecule has 0 unspecified atom stereocenters. The first-order valence-corrected chi connectivity index (χ1v) is 8.77. The highest BCUT2D eigenvalue weighted by molar-refractivity contribution is 7.89. The smallest absolute Gasteiger partial charge is 0.243 e. The summed E-state index contributed by atoms with van der Waals surface area (Å²) in [5, 5.41) is 0. The molecule has 0 radical (unpaired) electrons. The summed E-state index contributed by atoms with van der Waals surface area (Å²) < 4.78 is 58.8. The highest BCUT2D eigenvalue weighted by Gasteiger charge is 2.27. The number of sulfonamides is 1. The second-order valence-electron chi connectivity index (χ2n) is 5.29. The van der Waals surface area contributed by atoms with Crippen molar-refractivity contribution in [2.24, 2.45) is 0 Å². The Balaban J connectivity index is 1.97. The number of benzene rings is 1. The first kappa shape index (κ1) is 17.2. The van der Waals surface area contributed by atoms with Gasteiger partial charge in [-0.1, -0.05) is 6.07 Å². The summed E-state index contributed by atoms with van der Waals surface area (Å²) in [7, 11) is -4.08. The molecular formula is C17H14F2N2O3S. The van der Waals surface area contributed by atoms with Gasteiger partial charge in [-0.25, -0.2) is 17.2 Å². The van der Waals surface area contributed by atoms with Crippen LogP contribution in [-0.4, -0.2) is 17.7 Å². The van der Waals surface area contributed by atoms with Crippen molar-refractivity contribution in [3.05, 3.63) is 84.1 Å². The largest absolute Gasteiger partial charge is 0.468 e. The van der Waals surface area contributed by atoms with Crippen LogP contribution < -0.4 is 0 Å². The van der Waals surface area contributed by atoms with Gasteiger partial charge in [0, 0.05) is 18.9 Å². The maximum atomic E-state index is 13.5. The Bertz CT molecular complexity index is 945. The molecule has 0 spiro atoms. The fourth-order valence-corrected chi connectivity index (χ4v) is 3.69. The number of halogens is 2. The zero-order chi connectivity index (χ0) is 17.9. The summed E-state index contributed by atoms with van der Waals surface area (Å²) in [6.07, 6.45) is 4.54. The van der Waals surface area contributed by atoms with E-state index in [4.69, 9.17) is 4.42 Å². The Morgan fingerprint density at radius 3 is 2.52 bits per heavy atom. The van der Waals surface area contributed by atoms with E-state index < -0.39 is 21.7 Å². The van der Waals surface area contributed by atoms with Gasteiger partial charge in [0.05, 0.1) is 17.7 Å². The number of rotatable bonds is 6. The van der Waals surface area contributed by atoms with E-state index >= 15 is 0 Å². The third-order valence-electron chi connectivity index (χ3n) is 3.52. The van der Waals surface area contributed by atoms with Crippen LogP contribution in [0.4, 0.5) is 8.78 Å². The third-order valence-corrected chi connectivity index (χ3v) is 5.31. The highest BCUT2D eigenvalue weighted by atomic mass is 32.2. The maximum Gasteiger partial charge on any atom is 0.243 e. The maximum absolute atomic E-state index is 13.5. The Kier molecular flexibility index (Phi) is 4.91. The summed E-state index contributed by atoms with van der Waals surface area (Å²) in [6, 6.07) is 9.18. The molecule has 2 heterocycles. The van der Waals surface area contributed by atoms with Gasteiger partial charge in [0.25, 0.3) is 0 Å². The lowest BCUT2D eigenvalue weighted by Gasteiger charge is -2.21. The molecule has 2 aromatic heterocycles. The van der Waals surface area contributed by atoms with Crippen LogP contribution in [0.15, 0.2) is 70.4 Å². The van der Waals surface area contributed by atoms with E-state index in [0.717, 1.165) is 16.4 Å². The van der Waals surface area contributed by atoms with Crippen molar-refractivity contribution in [1.29, 1.82) is 0 Å². The van der Waals surface area contributed by atoms with Crippen molar-refractivity contribution < 1.29 is 21.6 Å². The fourth-order valence-electron chi connectivity index (χ4n) is 2.28. The standard InChI is InChI=1S/C17H14F2N2O3S/c18-16-6-5-15(9-17(16)19)25(22,23)21(12-14-4-2-8-24-14)11-13-3-1-7-20-10-13/h1-10H,11-12H2. The molecule has 0 N–H and O–H groups in total. The zero-order valence-electron chi connectivity index (χ0n) is 13.0. The van der Waals surface area contributed by atoms with E-state index in [-0.39, 0.29) is 18.0 Å². The average molecular weight is 364 g/mol. The van der Waals surface area contributed by atoms with Crippen molar-refractivity contribution in [2.75, 3.05) is 0 Å². The molecule has 0 saturated heterocycles. The van der Waals surface area contributed by atoms with Gasteiger partial charge in [-0.05, 0) is 42.0 Å². The Labute approximate surface area is 143 Å². The summed E-state index contributed by atoms with van der Waals surface area (Å²) in [5.41, 5.74) is 0.653. The quantitative estimate of drug-likeness (QED) is 0.673. The topological polar surface area (TPSA) is 63.4 Å². The molecule has 0 aliphatic heterocycles. The lowest BCUT2D eigenvalue weighted by molar-refractivity contribution is 0.358. The van der Waals surface area contributed by atoms with Gasteiger partial charge >= 0.3 is 0 Å². The van der Waals surface area contributed by atoms with Crippen LogP contribution in [0.25, 0.3) is 0 Å². The number of pyridine rings is 1. The van der Waals surface area contributed by atoms with E-state index in [1.165, 1.54) is 12.5 Å². The van der Waals surface area contributed by atoms with Crippen molar-refractivity contribution >= 4 is 10.0 Å². The first-order valence-electron chi connectivity index (χ1n) is 7.33. The van der Waals surface area contributed by atoms with E-state index in [9.17, 15) is 17.2 Å². The average Bonchev–Trinajstić information content (AvgIpc) is 3.11. The number of furan rings is 1. The first-order chi connectivity index (χ1) is 12.0. The number of hydrogen-bond acceptors (Lipinski definition) is 4. The van der Waals surface area contributed by atoms with Gasteiger partial charge in [0.2, 0.25) is 10.0 Å². The van der Waals surface area contributed by atoms with Crippen LogP contribution in [0.3, 0.4) is 0 Å². The van der Waals surface area contributed by atoms with Crippen LogP contribution in [-0.2, 0) is 23.1 Å². The minimum Gasteiger partial charge on any atom is -0.468 e. The number of nitrogens with zero attached hydrogens (tertiary/aromatic N) is 2. The van der Waals surface area contributed by atoms with Crippen LogP contribution in [0.5, 0.6) is 0 Å².